The molecule has 2 fully saturated rings. The maximum atomic E-state index is 11.3. The molecule has 1 saturated heterocycles. The van der Waals surface area contributed by atoms with E-state index in [2.05, 4.69) is 13.5 Å². The zero-order chi connectivity index (χ0) is 9.42. The van der Waals surface area contributed by atoms with Crippen molar-refractivity contribution in [2.75, 3.05) is 0 Å². The van der Waals surface area contributed by atoms with Gasteiger partial charge in [0.2, 0.25) is 0 Å². The molecule has 1 saturated carbocycles. The molecule has 2 nitrogen and oxygen atoms in total. The van der Waals surface area contributed by atoms with Crippen molar-refractivity contribution in [2.24, 2.45) is 11.8 Å². The molecule has 2 rings (SSSR count). The predicted molar refractivity (Wildman–Crippen MR) is 50.1 cm³/mol. The number of hydrogen-bond acceptors (Lipinski definition) is 2. The second-order valence-corrected chi connectivity index (χ2v) is 4.35. The van der Waals surface area contributed by atoms with Crippen LogP contribution in [-0.4, -0.2) is 12.1 Å². The van der Waals surface area contributed by atoms with Gasteiger partial charge in [0.05, 0.1) is 0 Å². The number of rotatable bonds is 0. The molecule has 1 aliphatic heterocycles. The Morgan fingerprint density at radius 1 is 1.46 bits per heavy atom. The average molecular weight is 180 g/mol. The lowest BCUT2D eigenvalue weighted by atomic mass is 9.75. The summed E-state index contributed by atoms with van der Waals surface area (Å²) in [7, 11) is 0. The first-order chi connectivity index (χ1) is 6.18. The Labute approximate surface area is 79.0 Å². The minimum absolute atomic E-state index is 0.171. The summed E-state index contributed by atoms with van der Waals surface area (Å²) < 4.78 is 5.38. The quantitative estimate of drug-likeness (QED) is 0.422. The lowest BCUT2D eigenvalue weighted by Crippen LogP contribution is -2.40. The van der Waals surface area contributed by atoms with Gasteiger partial charge in [-0.05, 0) is 25.2 Å². The van der Waals surface area contributed by atoms with Crippen molar-refractivity contribution >= 4 is 5.97 Å². The van der Waals surface area contributed by atoms with Gasteiger partial charge in [0.1, 0.15) is 6.10 Å². The summed E-state index contributed by atoms with van der Waals surface area (Å²) in [6.45, 7) is 5.92. The normalized spacial score (nSPS) is 39.6. The number of carbonyl (C=O) groups excluding carboxylic acids is 1. The third-order valence-electron chi connectivity index (χ3n) is 3.30. The van der Waals surface area contributed by atoms with Gasteiger partial charge in [-0.25, -0.2) is 4.79 Å². The fraction of sp³-hybridized carbons (Fsp3) is 0.727. The van der Waals surface area contributed by atoms with Gasteiger partial charge in [-0.15, -0.1) is 0 Å². The highest BCUT2D eigenvalue weighted by Crippen LogP contribution is 2.38. The smallest absolute Gasteiger partial charge is 0.333 e. The van der Waals surface area contributed by atoms with Gasteiger partial charge in [0.15, 0.2) is 0 Å². The molecule has 1 heterocycles. The Balaban J connectivity index is 2.12. The topological polar surface area (TPSA) is 26.3 Å². The van der Waals surface area contributed by atoms with E-state index in [1.807, 2.05) is 0 Å². The van der Waals surface area contributed by atoms with Crippen molar-refractivity contribution < 1.29 is 9.53 Å². The first-order valence-electron chi connectivity index (χ1n) is 5.07. The van der Waals surface area contributed by atoms with Crippen molar-refractivity contribution in [3.8, 4) is 0 Å². The predicted octanol–water partition coefficient (Wildman–Crippen LogP) is 2.29. The van der Waals surface area contributed by atoms with Gasteiger partial charge in [0, 0.05) is 11.5 Å². The largest absolute Gasteiger partial charge is 0.458 e. The van der Waals surface area contributed by atoms with Gasteiger partial charge in [-0.3, -0.25) is 0 Å². The molecule has 72 valence electrons. The van der Waals surface area contributed by atoms with Gasteiger partial charge in [0.25, 0.3) is 0 Å². The second-order valence-electron chi connectivity index (χ2n) is 4.35. The third kappa shape index (κ3) is 1.50. The maximum Gasteiger partial charge on any atom is 0.333 e. The summed E-state index contributed by atoms with van der Waals surface area (Å²) in [6.07, 6.45) is 4.69. The molecule has 0 N–H and O–H groups in total. The van der Waals surface area contributed by atoms with E-state index in [4.69, 9.17) is 4.74 Å². The SMILES string of the molecule is C=C1C[C@H]2CCC[C@H](C)[C@H]2OC1=O. The molecule has 0 spiro atoms. The molecule has 3 atom stereocenters. The van der Waals surface area contributed by atoms with Gasteiger partial charge in [-0.1, -0.05) is 19.9 Å². The molecule has 13 heavy (non-hydrogen) atoms. The second kappa shape index (κ2) is 3.17. The summed E-state index contributed by atoms with van der Waals surface area (Å²) in [5.41, 5.74) is 0.662. The van der Waals surface area contributed by atoms with Crippen LogP contribution in [0.25, 0.3) is 0 Å². The van der Waals surface area contributed by atoms with Crippen LogP contribution in [0, 0.1) is 11.8 Å². The Kier molecular flexibility index (Phi) is 2.14. The van der Waals surface area contributed by atoms with Crippen LogP contribution in [0.4, 0.5) is 0 Å². The van der Waals surface area contributed by atoms with Crippen LogP contribution in [0.15, 0.2) is 12.2 Å². The molecule has 1 aliphatic carbocycles. The summed E-state index contributed by atoms with van der Waals surface area (Å²) in [5, 5.41) is 0. The first kappa shape index (κ1) is 8.79. The van der Waals surface area contributed by atoms with Crippen LogP contribution >= 0.6 is 0 Å². The van der Waals surface area contributed by atoms with Crippen molar-refractivity contribution in [3.05, 3.63) is 12.2 Å². The third-order valence-corrected chi connectivity index (χ3v) is 3.30. The molecule has 0 amide bonds. The fourth-order valence-electron chi connectivity index (χ4n) is 2.53. The Bertz CT molecular complexity index is 244. The zero-order valence-corrected chi connectivity index (χ0v) is 8.08. The Hall–Kier alpha value is -0.790. The van der Waals surface area contributed by atoms with Crippen molar-refractivity contribution in [3.63, 3.8) is 0 Å². The average Bonchev–Trinajstić information content (AvgIpc) is 2.09. The van der Waals surface area contributed by atoms with Crippen LogP contribution in [-0.2, 0) is 9.53 Å². The van der Waals surface area contributed by atoms with Crippen molar-refractivity contribution in [1.29, 1.82) is 0 Å². The molecule has 0 aromatic heterocycles. The fourth-order valence-corrected chi connectivity index (χ4v) is 2.53. The minimum Gasteiger partial charge on any atom is -0.458 e. The van der Waals surface area contributed by atoms with E-state index < -0.39 is 0 Å². The summed E-state index contributed by atoms with van der Waals surface area (Å²) in [6, 6.07) is 0. The monoisotopic (exact) mass is 180 g/mol. The highest BCUT2D eigenvalue weighted by Gasteiger charge is 2.38. The number of ether oxygens (including phenoxy) is 1. The Morgan fingerprint density at radius 2 is 2.23 bits per heavy atom. The number of hydrogen-bond donors (Lipinski definition) is 0. The standard InChI is InChI=1S/C11H16O2/c1-7-4-3-5-9-6-8(2)11(12)13-10(7)9/h7,9-10H,2-6H2,1H3/t7-,9+,10+/m0/s1. The van der Waals surface area contributed by atoms with E-state index in [0.717, 1.165) is 6.42 Å². The minimum atomic E-state index is -0.171. The highest BCUT2D eigenvalue weighted by molar-refractivity contribution is 5.88. The van der Waals surface area contributed by atoms with Crippen LogP contribution in [0.1, 0.15) is 32.6 Å². The van der Waals surface area contributed by atoms with E-state index in [-0.39, 0.29) is 12.1 Å². The lowest BCUT2D eigenvalue weighted by Gasteiger charge is -2.39. The van der Waals surface area contributed by atoms with Crippen LogP contribution in [0.5, 0.6) is 0 Å². The maximum absolute atomic E-state index is 11.3. The molecule has 2 heteroatoms. The molecule has 0 unspecified atom stereocenters. The van der Waals surface area contributed by atoms with Gasteiger partial charge < -0.3 is 4.74 Å². The molecule has 0 bridgehead atoms. The molecule has 0 aromatic carbocycles. The highest BCUT2D eigenvalue weighted by atomic mass is 16.5. The number of fused-ring (bicyclic) bond motifs is 1. The molecule has 0 aromatic rings. The molecular formula is C11H16O2. The lowest BCUT2D eigenvalue weighted by molar-refractivity contribution is -0.157. The summed E-state index contributed by atoms with van der Waals surface area (Å²) in [5.74, 6) is 0.916. The van der Waals surface area contributed by atoms with E-state index in [9.17, 15) is 4.79 Å². The van der Waals surface area contributed by atoms with Crippen molar-refractivity contribution in [1.82, 2.24) is 0 Å². The van der Waals surface area contributed by atoms with E-state index in [0.29, 0.717) is 17.4 Å². The van der Waals surface area contributed by atoms with Gasteiger partial charge in [-0.2, -0.15) is 0 Å². The van der Waals surface area contributed by atoms with E-state index in [1.165, 1.54) is 19.3 Å². The Morgan fingerprint density at radius 3 is 3.00 bits per heavy atom. The molecule has 0 radical (unpaired) electrons. The van der Waals surface area contributed by atoms with Crippen molar-refractivity contribution in [2.45, 2.75) is 38.7 Å². The first-order valence-corrected chi connectivity index (χ1v) is 5.07. The number of esters is 1. The van der Waals surface area contributed by atoms with Crippen LogP contribution in [0.2, 0.25) is 0 Å². The van der Waals surface area contributed by atoms with E-state index in [1.54, 1.807) is 0 Å². The summed E-state index contributed by atoms with van der Waals surface area (Å²) >= 11 is 0. The molecular weight excluding hydrogens is 164 g/mol. The van der Waals surface area contributed by atoms with Gasteiger partial charge >= 0.3 is 5.97 Å². The van der Waals surface area contributed by atoms with Crippen LogP contribution in [0.3, 0.4) is 0 Å². The van der Waals surface area contributed by atoms with Crippen LogP contribution < -0.4 is 0 Å². The summed E-state index contributed by atoms with van der Waals surface area (Å²) in [4.78, 5) is 11.3. The zero-order valence-electron chi connectivity index (χ0n) is 8.08. The number of carbonyl (C=O) groups is 1. The molecule has 2 aliphatic rings. The van der Waals surface area contributed by atoms with E-state index >= 15 is 0 Å².